The standard InChI is InChI=1S/C80H74N2O4Si2/c1-9-11-13-15-17-19-21-65-55-73(77(79(83)84)75(57-65)69-43-31-63(32-44-69)51-53-87(3,4)5)67-39-27-59(28-40-67)23-25-61-35-47-71(48-36-61)81-82-72-49-37-62(38-50-72)26-24-60-29-41-68(42-30-60)74-56-66(22-20-18-16-14-12-10-2)58-76(78(74)80(85)86)70-45-33-64(34-46-70)52-54-88(6,7)8/h27-50,55-58H,9-18H2,1-8H3,(H,83,84)(H,85,86)/p-2. The van der Waals surface area contributed by atoms with Crippen molar-refractivity contribution in [1.82, 2.24) is 0 Å². The Morgan fingerprint density at radius 3 is 0.852 bits per heavy atom. The van der Waals surface area contributed by atoms with Crippen LogP contribution in [-0.2, 0) is 0 Å². The summed E-state index contributed by atoms with van der Waals surface area (Å²) in [6.07, 6.45) is 10.5. The Morgan fingerprint density at radius 2 is 0.602 bits per heavy atom. The lowest BCUT2D eigenvalue weighted by Gasteiger charge is -2.18. The molecule has 0 aromatic heterocycles. The molecule has 8 rings (SSSR count). The first-order valence-electron chi connectivity index (χ1n) is 30.3. The fraction of sp³-hybridized carbons (Fsp3) is 0.225. The van der Waals surface area contributed by atoms with Crippen molar-refractivity contribution in [2.45, 2.75) is 117 Å². The smallest absolute Gasteiger partial charge is 0.129 e. The summed E-state index contributed by atoms with van der Waals surface area (Å²) >= 11 is 0. The number of carbonyl (C=O) groups excluding carboxylic acids is 2. The van der Waals surface area contributed by atoms with Crippen molar-refractivity contribution in [1.29, 1.82) is 0 Å². The summed E-state index contributed by atoms with van der Waals surface area (Å²) in [7, 11) is -3.16. The van der Waals surface area contributed by atoms with Gasteiger partial charge in [-0.05, 0) is 179 Å². The van der Waals surface area contributed by atoms with Gasteiger partial charge in [0, 0.05) is 68.5 Å². The fourth-order valence-electron chi connectivity index (χ4n) is 9.47. The van der Waals surface area contributed by atoms with E-state index >= 15 is 0 Å². The highest BCUT2D eigenvalue weighted by atomic mass is 28.3. The molecule has 88 heavy (non-hydrogen) atoms. The van der Waals surface area contributed by atoms with Gasteiger partial charge in [-0.15, -0.1) is 11.1 Å². The quantitative estimate of drug-likeness (QED) is 0.0416. The largest absolute Gasteiger partial charge is 0.545 e. The third kappa shape index (κ3) is 19.3. The molecule has 6 nitrogen and oxygen atoms in total. The Kier molecular flexibility index (Phi) is 22.5. The molecule has 0 saturated heterocycles. The highest BCUT2D eigenvalue weighted by Crippen LogP contribution is 2.36. The molecule has 0 unspecified atom stereocenters. The summed E-state index contributed by atoms with van der Waals surface area (Å²) in [6.45, 7) is 17.6. The summed E-state index contributed by atoms with van der Waals surface area (Å²) in [5.41, 5.74) is 19.8. The van der Waals surface area contributed by atoms with Gasteiger partial charge in [-0.25, -0.2) is 0 Å². The van der Waals surface area contributed by atoms with Gasteiger partial charge in [-0.1, -0.05) is 199 Å². The number of benzene rings is 8. The third-order valence-corrected chi connectivity index (χ3v) is 15.9. The van der Waals surface area contributed by atoms with Gasteiger partial charge in [0.25, 0.3) is 0 Å². The molecule has 0 bridgehead atoms. The predicted molar refractivity (Wildman–Crippen MR) is 364 cm³/mol. The van der Waals surface area contributed by atoms with Gasteiger partial charge in [-0.3, -0.25) is 0 Å². The number of hydrogen-bond donors (Lipinski definition) is 0. The molecule has 0 N–H and O–H groups in total. The third-order valence-electron chi connectivity index (χ3n) is 14.1. The summed E-state index contributed by atoms with van der Waals surface area (Å²) in [5.74, 6) is 30.3. The van der Waals surface area contributed by atoms with Crippen molar-refractivity contribution < 1.29 is 19.8 Å². The van der Waals surface area contributed by atoms with E-state index in [0.717, 1.165) is 118 Å². The molecular formula is C80H72N2O4Si2-2. The molecule has 0 aliphatic rings. The van der Waals surface area contributed by atoms with E-state index in [9.17, 15) is 19.8 Å². The molecule has 0 heterocycles. The minimum Gasteiger partial charge on any atom is -0.545 e. The van der Waals surface area contributed by atoms with E-state index in [0.29, 0.717) is 33.6 Å². The second kappa shape index (κ2) is 31.0. The number of hydrogen-bond acceptors (Lipinski definition) is 6. The number of carboxylic acid groups (broad SMARTS) is 2. The predicted octanol–water partition coefficient (Wildman–Crippen LogP) is 17.4. The Labute approximate surface area is 524 Å². The fourth-order valence-corrected chi connectivity index (χ4v) is 10.5. The Bertz CT molecular complexity index is 3950. The van der Waals surface area contributed by atoms with Crippen molar-refractivity contribution in [3.05, 3.63) is 225 Å². The van der Waals surface area contributed by atoms with Gasteiger partial charge < -0.3 is 19.8 Å². The van der Waals surface area contributed by atoms with Gasteiger partial charge in [0.1, 0.15) is 16.1 Å². The molecule has 0 radical (unpaired) electrons. The maximum Gasteiger partial charge on any atom is 0.129 e. The van der Waals surface area contributed by atoms with Gasteiger partial charge in [0.15, 0.2) is 0 Å². The topological polar surface area (TPSA) is 105 Å². The highest BCUT2D eigenvalue weighted by Gasteiger charge is 2.18. The average molecular weight is 1180 g/mol. The van der Waals surface area contributed by atoms with Crippen molar-refractivity contribution in [3.63, 3.8) is 0 Å². The zero-order valence-corrected chi connectivity index (χ0v) is 53.8. The van der Waals surface area contributed by atoms with E-state index in [-0.39, 0.29) is 11.1 Å². The van der Waals surface area contributed by atoms with Crippen molar-refractivity contribution in [2.24, 2.45) is 10.2 Å². The molecule has 8 aromatic rings. The van der Waals surface area contributed by atoms with Crippen LogP contribution in [0.5, 0.6) is 0 Å². The van der Waals surface area contributed by atoms with E-state index in [1.165, 1.54) is 12.8 Å². The number of rotatable bonds is 16. The van der Waals surface area contributed by atoms with Crippen LogP contribution in [0.4, 0.5) is 11.4 Å². The molecule has 0 aliphatic heterocycles. The molecule has 8 heteroatoms. The molecule has 436 valence electrons. The molecular weight excluding hydrogens is 1110 g/mol. The number of aromatic carboxylic acids is 2. The Hall–Kier alpha value is -9.91. The van der Waals surface area contributed by atoms with E-state index < -0.39 is 28.1 Å². The monoisotopic (exact) mass is 1180 g/mol. The molecule has 0 aliphatic carbocycles. The number of unbranched alkanes of at least 4 members (excludes halogenated alkanes) is 8. The average Bonchev–Trinajstić information content (AvgIpc) is 1.32. The zero-order chi connectivity index (χ0) is 62.5. The second-order valence-corrected chi connectivity index (χ2v) is 33.3. The van der Waals surface area contributed by atoms with E-state index in [4.69, 9.17) is 0 Å². The van der Waals surface area contributed by atoms with Gasteiger partial charge in [0.05, 0.1) is 23.3 Å². The van der Waals surface area contributed by atoms with Gasteiger partial charge in [0.2, 0.25) is 0 Å². The number of azo groups is 1. The van der Waals surface area contributed by atoms with Crippen LogP contribution in [0.2, 0.25) is 39.3 Å². The van der Waals surface area contributed by atoms with Crippen LogP contribution >= 0.6 is 0 Å². The van der Waals surface area contributed by atoms with E-state index in [1.54, 1.807) is 0 Å². The summed E-state index contributed by atoms with van der Waals surface area (Å²) in [4.78, 5) is 26.0. The Morgan fingerprint density at radius 1 is 0.341 bits per heavy atom. The first-order valence-corrected chi connectivity index (χ1v) is 37.3. The van der Waals surface area contributed by atoms with Crippen molar-refractivity contribution in [3.8, 4) is 115 Å². The lowest BCUT2D eigenvalue weighted by Crippen LogP contribution is -2.24. The maximum absolute atomic E-state index is 13.0. The molecule has 0 fully saturated rings. The van der Waals surface area contributed by atoms with Gasteiger partial charge >= 0.3 is 0 Å². The second-order valence-electron chi connectivity index (χ2n) is 23.8. The number of carbonyl (C=O) groups is 2. The first kappa shape index (κ1) is 64.1. The summed E-state index contributed by atoms with van der Waals surface area (Å²) in [6, 6.07) is 53.0. The maximum atomic E-state index is 13.0. The van der Waals surface area contributed by atoms with Crippen LogP contribution in [0.15, 0.2) is 180 Å². The summed E-state index contributed by atoms with van der Waals surface area (Å²) < 4.78 is 0. The molecule has 0 atom stereocenters. The summed E-state index contributed by atoms with van der Waals surface area (Å²) in [5, 5.41) is 34.9. The lowest BCUT2D eigenvalue weighted by molar-refractivity contribution is -0.256. The SMILES string of the molecule is CCCCCCC#Cc1cc(-c2ccc(C#Cc3ccc(N=Nc4ccc(C#Cc5ccc(-c6cc(C#CCCCCCC)cc(-c7ccc(C#C[Si](C)(C)C)cc7)c6C(=O)[O-])cc5)cc4)cc3)cc2)c(C(=O)[O-])c(-c2ccc(C#C[Si](C)(C)C)cc2)c1. The van der Waals surface area contributed by atoms with Gasteiger partial charge in [-0.2, -0.15) is 10.2 Å². The van der Waals surface area contributed by atoms with Crippen molar-refractivity contribution >= 4 is 39.5 Å². The highest BCUT2D eigenvalue weighted by molar-refractivity contribution is 6.84. The van der Waals surface area contributed by atoms with Crippen LogP contribution < -0.4 is 10.2 Å². The van der Waals surface area contributed by atoms with Crippen LogP contribution in [0, 0.1) is 70.3 Å². The number of carboxylic acids is 2. The van der Waals surface area contributed by atoms with Crippen molar-refractivity contribution in [2.75, 3.05) is 0 Å². The van der Waals surface area contributed by atoms with Crippen LogP contribution in [0.3, 0.4) is 0 Å². The molecule has 8 aromatic carbocycles. The van der Waals surface area contributed by atoms with Crippen LogP contribution in [-0.4, -0.2) is 28.1 Å². The first-order chi connectivity index (χ1) is 42.4. The molecule has 0 amide bonds. The molecule has 0 saturated carbocycles. The zero-order valence-electron chi connectivity index (χ0n) is 51.8. The lowest BCUT2D eigenvalue weighted by atomic mass is 9.89. The Balaban J connectivity index is 0.939. The number of nitrogens with zero attached hydrogens (tertiary/aromatic N) is 2. The minimum atomic E-state index is -1.58. The molecule has 0 spiro atoms. The normalized spacial score (nSPS) is 10.8. The van der Waals surface area contributed by atoms with E-state index in [1.807, 2.05) is 170 Å². The van der Waals surface area contributed by atoms with E-state index in [2.05, 4.69) is 134 Å². The van der Waals surface area contributed by atoms with Crippen LogP contribution in [0.25, 0.3) is 44.5 Å². The van der Waals surface area contributed by atoms with Crippen LogP contribution in [0.1, 0.15) is 143 Å². The minimum absolute atomic E-state index is 0.107.